The van der Waals surface area contributed by atoms with Gasteiger partial charge in [-0.25, -0.2) is 5.10 Å². The van der Waals surface area contributed by atoms with Crippen LogP contribution in [-0.4, -0.2) is 23.3 Å². The Bertz CT molecular complexity index is 386. The second-order valence-electron chi connectivity index (χ2n) is 5.66. The van der Waals surface area contributed by atoms with E-state index >= 15 is 0 Å². The van der Waals surface area contributed by atoms with Gasteiger partial charge >= 0.3 is 0 Å². The van der Waals surface area contributed by atoms with E-state index in [1.165, 1.54) is 0 Å². The fourth-order valence-corrected chi connectivity index (χ4v) is 1.74. The van der Waals surface area contributed by atoms with Crippen molar-refractivity contribution in [3.63, 3.8) is 0 Å². The number of nitrogens with zero attached hydrogens (tertiary/aromatic N) is 2. The van der Waals surface area contributed by atoms with Gasteiger partial charge in [-0.15, -0.1) is 0 Å². The number of H-pyrrole nitrogens is 1. The molecule has 0 atom stereocenters. The molecule has 1 rings (SSSR count). The number of anilines is 1. The van der Waals surface area contributed by atoms with Crippen molar-refractivity contribution in [2.24, 2.45) is 11.8 Å². The molecule has 4 nitrogen and oxygen atoms in total. The number of nitrogens with one attached hydrogen (secondary N) is 1. The zero-order valence-electron chi connectivity index (χ0n) is 11.9. The van der Waals surface area contributed by atoms with Gasteiger partial charge in [-0.3, -0.25) is 4.79 Å². The lowest BCUT2D eigenvalue weighted by Gasteiger charge is -2.25. The summed E-state index contributed by atoms with van der Waals surface area (Å²) >= 11 is 0. The maximum atomic E-state index is 11.3. The van der Waals surface area contributed by atoms with Gasteiger partial charge in [0.15, 0.2) is 0 Å². The molecule has 1 aromatic rings. The van der Waals surface area contributed by atoms with Crippen LogP contribution in [0.2, 0.25) is 0 Å². The van der Waals surface area contributed by atoms with Crippen LogP contribution in [0.5, 0.6) is 0 Å². The highest BCUT2D eigenvalue weighted by atomic mass is 16.1. The van der Waals surface area contributed by atoms with Gasteiger partial charge in [0.2, 0.25) is 0 Å². The average molecular weight is 251 g/mol. The largest absolute Gasteiger partial charge is 0.370 e. The first-order chi connectivity index (χ1) is 8.49. The molecular formula is C14H25N3O. The molecule has 18 heavy (non-hydrogen) atoms. The molecule has 0 aliphatic carbocycles. The van der Waals surface area contributed by atoms with E-state index in [1.807, 2.05) is 0 Å². The molecule has 0 radical (unpaired) electrons. The van der Waals surface area contributed by atoms with Crippen LogP contribution in [0.3, 0.4) is 0 Å². The van der Waals surface area contributed by atoms with Gasteiger partial charge in [-0.1, -0.05) is 27.7 Å². The fourth-order valence-electron chi connectivity index (χ4n) is 1.74. The van der Waals surface area contributed by atoms with Gasteiger partial charge in [0.1, 0.15) is 0 Å². The zero-order valence-corrected chi connectivity index (χ0v) is 11.9. The minimum atomic E-state index is -0.133. The second-order valence-corrected chi connectivity index (χ2v) is 5.66. The molecule has 4 heteroatoms. The van der Waals surface area contributed by atoms with Crippen molar-refractivity contribution in [3.8, 4) is 0 Å². The van der Waals surface area contributed by atoms with E-state index in [1.54, 1.807) is 12.3 Å². The van der Waals surface area contributed by atoms with E-state index in [0.29, 0.717) is 11.8 Å². The summed E-state index contributed by atoms with van der Waals surface area (Å²) in [5.41, 5.74) is 0.798. The third-order valence-electron chi connectivity index (χ3n) is 2.97. The Labute approximate surface area is 109 Å². The predicted octanol–water partition coefficient (Wildman–Crippen LogP) is 2.67. The molecule has 0 bridgehead atoms. The summed E-state index contributed by atoms with van der Waals surface area (Å²) in [5, 5.41) is 6.30. The lowest BCUT2D eigenvalue weighted by molar-refractivity contribution is 0.534. The standard InChI is InChI=1S/C14H25N3O/c1-11(2)5-7-17(8-6-12(3)4)13-9-14(18)16-15-10-13/h9-12H,5-8H2,1-4H3,(H,16,18). The summed E-state index contributed by atoms with van der Waals surface area (Å²) in [6, 6.07) is 1.63. The highest BCUT2D eigenvalue weighted by Crippen LogP contribution is 2.14. The lowest BCUT2D eigenvalue weighted by atomic mass is 10.1. The van der Waals surface area contributed by atoms with E-state index in [4.69, 9.17) is 0 Å². The first-order valence-corrected chi connectivity index (χ1v) is 6.78. The minimum absolute atomic E-state index is 0.133. The molecule has 0 aromatic carbocycles. The quantitative estimate of drug-likeness (QED) is 0.810. The topological polar surface area (TPSA) is 49.0 Å². The lowest BCUT2D eigenvalue weighted by Crippen LogP contribution is -2.28. The van der Waals surface area contributed by atoms with Gasteiger partial charge in [-0.2, -0.15) is 5.10 Å². The number of aromatic nitrogens is 2. The molecule has 0 amide bonds. The molecule has 0 aliphatic rings. The van der Waals surface area contributed by atoms with Gasteiger partial charge < -0.3 is 4.90 Å². The molecule has 0 saturated carbocycles. The normalized spacial score (nSPS) is 11.2. The van der Waals surface area contributed by atoms with Crippen LogP contribution in [0, 0.1) is 11.8 Å². The van der Waals surface area contributed by atoms with E-state index in [2.05, 4.69) is 42.8 Å². The minimum Gasteiger partial charge on any atom is -0.370 e. The van der Waals surface area contributed by atoms with Gasteiger partial charge in [-0.05, 0) is 24.7 Å². The number of hydrogen-bond donors (Lipinski definition) is 1. The van der Waals surface area contributed by atoms with Crippen molar-refractivity contribution in [1.82, 2.24) is 10.2 Å². The van der Waals surface area contributed by atoms with Crippen LogP contribution in [0.15, 0.2) is 17.1 Å². The highest BCUT2D eigenvalue weighted by Gasteiger charge is 2.09. The monoisotopic (exact) mass is 251 g/mol. The number of hydrogen-bond acceptors (Lipinski definition) is 3. The van der Waals surface area contributed by atoms with Gasteiger partial charge in [0.25, 0.3) is 5.56 Å². The Morgan fingerprint density at radius 2 is 1.72 bits per heavy atom. The molecule has 0 saturated heterocycles. The number of rotatable bonds is 7. The van der Waals surface area contributed by atoms with E-state index in [-0.39, 0.29) is 5.56 Å². The van der Waals surface area contributed by atoms with Gasteiger partial charge in [0.05, 0.1) is 11.9 Å². The predicted molar refractivity (Wildman–Crippen MR) is 76.0 cm³/mol. The molecule has 0 unspecified atom stereocenters. The Kier molecular flexibility index (Phi) is 5.89. The maximum absolute atomic E-state index is 11.3. The first-order valence-electron chi connectivity index (χ1n) is 6.78. The third kappa shape index (κ3) is 5.34. The van der Waals surface area contributed by atoms with Crippen LogP contribution < -0.4 is 10.5 Å². The molecular weight excluding hydrogens is 226 g/mol. The summed E-state index contributed by atoms with van der Waals surface area (Å²) in [6.45, 7) is 10.8. The summed E-state index contributed by atoms with van der Waals surface area (Å²) in [7, 11) is 0. The van der Waals surface area contributed by atoms with Crippen LogP contribution in [0.4, 0.5) is 5.69 Å². The Hall–Kier alpha value is -1.32. The van der Waals surface area contributed by atoms with E-state index in [9.17, 15) is 4.79 Å². The third-order valence-corrected chi connectivity index (χ3v) is 2.97. The van der Waals surface area contributed by atoms with Crippen molar-refractivity contribution < 1.29 is 0 Å². The highest BCUT2D eigenvalue weighted by molar-refractivity contribution is 5.42. The smallest absolute Gasteiger partial charge is 0.266 e. The molecule has 1 aromatic heterocycles. The van der Waals surface area contributed by atoms with Crippen LogP contribution in [-0.2, 0) is 0 Å². The number of aromatic amines is 1. The van der Waals surface area contributed by atoms with Crippen molar-refractivity contribution in [1.29, 1.82) is 0 Å². The first kappa shape index (κ1) is 14.7. The van der Waals surface area contributed by atoms with Gasteiger partial charge in [0, 0.05) is 19.2 Å². The van der Waals surface area contributed by atoms with Crippen molar-refractivity contribution in [3.05, 3.63) is 22.6 Å². The molecule has 0 spiro atoms. The van der Waals surface area contributed by atoms with Crippen LogP contribution in [0.25, 0.3) is 0 Å². The summed E-state index contributed by atoms with van der Waals surface area (Å²) < 4.78 is 0. The van der Waals surface area contributed by atoms with Crippen LogP contribution in [0.1, 0.15) is 40.5 Å². The summed E-state index contributed by atoms with van der Waals surface area (Å²) in [5.74, 6) is 1.34. The summed E-state index contributed by atoms with van der Waals surface area (Å²) in [4.78, 5) is 13.6. The molecule has 102 valence electrons. The van der Waals surface area contributed by atoms with Crippen molar-refractivity contribution >= 4 is 5.69 Å². The van der Waals surface area contributed by atoms with E-state index in [0.717, 1.165) is 31.6 Å². The van der Waals surface area contributed by atoms with E-state index < -0.39 is 0 Å². The Morgan fingerprint density at radius 1 is 1.17 bits per heavy atom. The summed E-state index contributed by atoms with van der Waals surface area (Å²) in [6.07, 6.45) is 4.00. The molecule has 0 aliphatic heterocycles. The van der Waals surface area contributed by atoms with Crippen molar-refractivity contribution in [2.45, 2.75) is 40.5 Å². The maximum Gasteiger partial charge on any atom is 0.266 e. The van der Waals surface area contributed by atoms with Crippen molar-refractivity contribution in [2.75, 3.05) is 18.0 Å². The zero-order chi connectivity index (χ0) is 13.5. The molecule has 1 heterocycles. The molecule has 0 fully saturated rings. The molecule has 1 N–H and O–H groups in total. The van der Waals surface area contributed by atoms with Crippen LogP contribution >= 0.6 is 0 Å². The fraction of sp³-hybridized carbons (Fsp3) is 0.714. The average Bonchev–Trinajstić information content (AvgIpc) is 2.28. The second kappa shape index (κ2) is 7.19. The Balaban J connectivity index is 2.72. The SMILES string of the molecule is CC(C)CCN(CCC(C)C)c1cn[nH]c(=O)c1. The Morgan fingerprint density at radius 3 is 2.17 bits per heavy atom.